The third-order valence-corrected chi connectivity index (χ3v) is 3.90. The first-order valence-corrected chi connectivity index (χ1v) is 7.50. The minimum absolute atomic E-state index is 0. The Balaban J connectivity index is 0.00000242. The van der Waals surface area contributed by atoms with Crippen molar-refractivity contribution in [3.8, 4) is 0 Å². The van der Waals surface area contributed by atoms with Crippen LogP contribution in [0.25, 0.3) is 0 Å². The van der Waals surface area contributed by atoms with Gasteiger partial charge in [0.2, 0.25) is 0 Å². The summed E-state index contributed by atoms with van der Waals surface area (Å²) < 4.78 is 6.27. The molecule has 2 nitrogen and oxygen atoms in total. The van der Waals surface area contributed by atoms with Crippen LogP contribution < -0.4 is 0 Å². The van der Waals surface area contributed by atoms with Gasteiger partial charge in [0.05, 0.1) is 6.61 Å². The van der Waals surface area contributed by atoms with E-state index in [4.69, 9.17) is 16.3 Å². The highest BCUT2D eigenvalue weighted by atomic mass is 35.5. The van der Waals surface area contributed by atoms with E-state index < -0.39 is 5.60 Å². The van der Waals surface area contributed by atoms with Crippen LogP contribution in [0.2, 0.25) is 5.02 Å². The van der Waals surface area contributed by atoms with E-state index in [1.54, 1.807) is 0 Å². The van der Waals surface area contributed by atoms with E-state index in [9.17, 15) is 0 Å². The zero-order valence-electron chi connectivity index (χ0n) is 13.7. The predicted molar refractivity (Wildman–Crippen MR) is 103 cm³/mol. The zero-order valence-corrected chi connectivity index (χ0v) is 16.0. The molecule has 128 valence electrons. The van der Waals surface area contributed by atoms with Crippen LogP contribution in [0.4, 0.5) is 0 Å². The van der Waals surface area contributed by atoms with Gasteiger partial charge in [-0.2, -0.15) is 0 Å². The summed E-state index contributed by atoms with van der Waals surface area (Å²) in [5.41, 5.74) is 1.78. The van der Waals surface area contributed by atoms with Crippen LogP contribution in [0.5, 0.6) is 0 Å². The van der Waals surface area contributed by atoms with E-state index in [-0.39, 0.29) is 24.8 Å². The number of halogens is 3. The largest absolute Gasteiger partial charge is 0.365 e. The third kappa shape index (κ3) is 5.98. The van der Waals surface area contributed by atoms with Gasteiger partial charge in [0, 0.05) is 11.6 Å². The van der Waals surface area contributed by atoms with Crippen molar-refractivity contribution in [3.05, 3.63) is 70.7 Å². The standard InChI is InChI=1S/C18H22ClNO.2ClH/c1-18(21-14-13-20(2)3,15-7-5-4-6-8-15)16-9-11-17(19)12-10-16;;/h4-12H,13-14H2,1-3H3;2*1H. The maximum Gasteiger partial charge on any atom is 0.115 e. The van der Waals surface area contributed by atoms with Crippen LogP contribution in [0.15, 0.2) is 54.6 Å². The Kier molecular flexibility index (Phi) is 9.83. The van der Waals surface area contributed by atoms with Crippen LogP contribution in [0.3, 0.4) is 0 Å². The lowest BCUT2D eigenvalue weighted by Crippen LogP contribution is -2.31. The summed E-state index contributed by atoms with van der Waals surface area (Å²) in [6.07, 6.45) is 0. The minimum atomic E-state index is -0.470. The fourth-order valence-corrected chi connectivity index (χ4v) is 2.42. The second kappa shape index (κ2) is 10.2. The van der Waals surface area contributed by atoms with E-state index in [0.29, 0.717) is 6.61 Å². The van der Waals surface area contributed by atoms with E-state index >= 15 is 0 Å². The molecule has 2 aromatic carbocycles. The highest BCUT2D eigenvalue weighted by molar-refractivity contribution is 6.30. The number of hydrogen-bond donors (Lipinski definition) is 0. The lowest BCUT2D eigenvalue weighted by molar-refractivity contribution is -0.0101. The molecule has 0 aliphatic heterocycles. The van der Waals surface area contributed by atoms with Gasteiger partial charge < -0.3 is 9.64 Å². The smallest absolute Gasteiger partial charge is 0.115 e. The Morgan fingerprint density at radius 1 is 0.913 bits per heavy atom. The maximum absolute atomic E-state index is 6.27. The molecule has 0 aliphatic carbocycles. The Hall–Kier alpha value is -0.770. The minimum Gasteiger partial charge on any atom is -0.365 e. The van der Waals surface area contributed by atoms with Gasteiger partial charge in [0.15, 0.2) is 0 Å². The first-order valence-electron chi connectivity index (χ1n) is 7.12. The molecule has 0 amide bonds. The molecule has 0 heterocycles. The molecule has 5 heteroatoms. The summed E-state index contributed by atoms with van der Waals surface area (Å²) in [4.78, 5) is 2.12. The lowest BCUT2D eigenvalue weighted by atomic mass is 9.88. The molecule has 0 aromatic heterocycles. The van der Waals surface area contributed by atoms with Gasteiger partial charge in [-0.3, -0.25) is 0 Å². The molecular formula is C18H24Cl3NO. The van der Waals surface area contributed by atoms with Crippen LogP contribution >= 0.6 is 36.4 Å². The zero-order chi connectivity index (χ0) is 15.3. The molecule has 2 aromatic rings. The number of likely N-dealkylation sites (N-methyl/N-ethyl adjacent to an activating group) is 1. The normalized spacial score (nSPS) is 12.9. The van der Waals surface area contributed by atoms with Crippen molar-refractivity contribution < 1.29 is 4.74 Å². The van der Waals surface area contributed by atoms with Gasteiger partial charge >= 0.3 is 0 Å². The van der Waals surface area contributed by atoms with E-state index in [2.05, 4.69) is 24.0 Å². The van der Waals surface area contributed by atoms with Gasteiger partial charge in [-0.05, 0) is 44.3 Å². The number of rotatable bonds is 6. The molecule has 23 heavy (non-hydrogen) atoms. The Labute approximate surface area is 156 Å². The van der Waals surface area contributed by atoms with E-state index in [1.165, 1.54) is 0 Å². The van der Waals surface area contributed by atoms with Gasteiger partial charge in [0.1, 0.15) is 5.60 Å². The molecule has 0 spiro atoms. The number of benzene rings is 2. The molecule has 0 radical (unpaired) electrons. The summed E-state index contributed by atoms with van der Waals surface area (Å²) in [6.45, 7) is 3.66. The first-order chi connectivity index (χ1) is 10.0. The second-order valence-corrected chi connectivity index (χ2v) is 5.99. The number of nitrogens with zero attached hydrogens (tertiary/aromatic N) is 1. The van der Waals surface area contributed by atoms with E-state index in [0.717, 1.165) is 22.7 Å². The molecule has 0 fully saturated rings. The Morgan fingerprint density at radius 2 is 1.43 bits per heavy atom. The second-order valence-electron chi connectivity index (χ2n) is 5.56. The molecule has 0 saturated heterocycles. The molecule has 1 atom stereocenters. The van der Waals surface area contributed by atoms with Crippen LogP contribution in [0.1, 0.15) is 18.1 Å². The third-order valence-electron chi connectivity index (χ3n) is 3.65. The molecule has 0 aliphatic rings. The molecule has 2 rings (SSSR count). The van der Waals surface area contributed by atoms with Gasteiger partial charge in [0.25, 0.3) is 0 Å². The molecular weight excluding hydrogens is 353 g/mol. The maximum atomic E-state index is 6.27. The SMILES string of the molecule is CN(C)CCOC(C)(c1ccccc1)c1ccc(Cl)cc1.Cl.Cl. The van der Waals surface area contributed by atoms with Crippen molar-refractivity contribution in [2.24, 2.45) is 0 Å². The van der Waals surface area contributed by atoms with E-state index in [1.807, 2.05) is 56.6 Å². The quantitative estimate of drug-likeness (QED) is 0.701. The first kappa shape index (κ1) is 22.2. The average Bonchev–Trinajstić information content (AvgIpc) is 2.48. The fraction of sp³-hybridized carbons (Fsp3) is 0.333. The highest BCUT2D eigenvalue weighted by Crippen LogP contribution is 2.33. The van der Waals surface area contributed by atoms with Gasteiger partial charge in [-0.25, -0.2) is 0 Å². The summed E-state index contributed by atoms with van der Waals surface area (Å²) in [6, 6.07) is 18.2. The number of ether oxygens (including phenoxy) is 1. The van der Waals surface area contributed by atoms with Crippen molar-refractivity contribution in [2.75, 3.05) is 27.2 Å². The van der Waals surface area contributed by atoms with Crippen LogP contribution in [0, 0.1) is 0 Å². The van der Waals surface area contributed by atoms with Crippen molar-refractivity contribution >= 4 is 36.4 Å². The summed E-state index contributed by atoms with van der Waals surface area (Å²) in [5.74, 6) is 0. The lowest BCUT2D eigenvalue weighted by Gasteiger charge is -2.32. The molecule has 1 unspecified atom stereocenters. The summed E-state index contributed by atoms with van der Waals surface area (Å²) >= 11 is 6.01. The van der Waals surface area contributed by atoms with Crippen LogP contribution in [-0.4, -0.2) is 32.1 Å². The molecule has 0 N–H and O–H groups in total. The predicted octanol–water partition coefficient (Wildman–Crippen LogP) is 5.03. The topological polar surface area (TPSA) is 12.5 Å². The average molecular weight is 377 g/mol. The van der Waals surface area contributed by atoms with Gasteiger partial charge in [-0.15, -0.1) is 24.8 Å². The van der Waals surface area contributed by atoms with Crippen LogP contribution in [-0.2, 0) is 10.3 Å². The van der Waals surface area contributed by atoms with Crippen molar-refractivity contribution in [1.29, 1.82) is 0 Å². The van der Waals surface area contributed by atoms with Crippen molar-refractivity contribution in [2.45, 2.75) is 12.5 Å². The summed E-state index contributed by atoms with van der Waals surface area (Å²) in [7, 11) is 4.09. The fourth-order valence-electron chi connectivity index (χ4n) is 2.29. The molecule has 0 bridgehead atoms. The van der Waals surface area contributed by atoms with Gasteiger partial charge in [-0.1, -0.05) is 54.1 Å². The molecule has 0 saturated carbocycles. The Bertz CT molecular complexity index is 560. The highest BCUT2D eigenvalue weighted by Gasteiger charge is 2.29. The number of hydrogen-bond acceptors (Lipinski definition) is 2. The monoisotopic (exact) mass is 375 g/mol. The summed E-state index contributed by atoms with van der Waals surface area (Å²) in [5, 5.41) is 0.738. The van der Waals surface area contributed by atoms with Crippen molar-refractivity contribution in [1.82, 2.24) is 4.90 Å². The Morgan fingerprint density at radius 3 is 1.96 bits per heavy atom. The van der Waals surface area contributed by atoms with Crippen molar-refractivity contribution in [3.63, 3.8) is 0 Å².